The molecule has 0 aliphatic rings. The maximum Gasteiger partial charge on any atom is -0.00824 e. The highest BCUT2D eigenvalue weighted by Crippen LogP contribution is 2.02. The number of thiol groups is 1. The molecule has 0 heterocycles. The van der Waals surface area contributed by atoms with Crippen molar-refractivity contribution in [3.63, 3.8) is 0 Å². The van der Waals surface area contributed by atoms with Crippen LogP contribution in [0.5, 0.6) is 0 Å². The molecule has 1 unspecified atom stereocenters. The Kier molecular flexibility index (Phi) is 2.04. The zero-order valence-corrected chi connectivity index (χ0v) is 4.28. The van der Waals surface area contributed by atoms with Gasteiger partial charge in [0, 0.05) is 0 Å². The molecule has 0 saturated carbocycles. The average molecular weight is 92.1 g/mol. The van der Waals surface area contributed by atoms with Crippen molar-refractivity contribution in [2.75, 3.05) is 0 Å². The molecule has 0 aliphatic carbocycles. The minimum Gasteiger partial charge on any atom is -0.144 e. The van der Waals surface area contributed by atoms with Crippen molar-refractivity contribution in [3.05, 3.63) is 11.2 Å². The number of rotatable bonds is 0. The average Bonchev–Trinajstić information content (AvgIpc) is 0.811. The zero-order chi connectivity index (χ0) is 3.58. The molecular weight excluding hydrogens is 87.1 g/mol. The Hall–Kier alpha value is 0.520. The minimum atomic E-state index is 0.778. The summed E-state index contributed by atoms with van der Waals surface area (Å²) >= 11 is 3.73. The van der Waals surface area contributed by atoms with Crippen molar-refractivity contribution in [3.8, 4) is 0 Å². The molecular formula is C2H5PS. The first kappa shape index (κ1) is 4.52. The second-order valence-electron chi connectivity index (χ2n) is 0.491. The molecule has 1 atom stereocenters. The Bertz CT molecular complexity index is 29.0. The van der Waals surface area contributed by atoms with E-state index in [2.05, 4.69) is 28.4 Å². The van der Waals surface area contributed by atoms with Crippen LogP contribution in [0.2, 0.25) is 0 Å². The molecule has 0 aromatic carbocycles. The Balaban J connectivity index is 2.80. The predicted octanol–water partition coefficient (Wildman–Crippen LogP) is 1.26. The molecule has 24 valence electrons. The highest BCUT2D eigenvalue weighted by molar-refractivity contribution is 7.90. The quantitative estimate of drug-likeness (QED) is 0.337. The third kappa shape index (κ3) is 21.5. The molecule has 0 fully saturated rings. The van der Waals surface area contributed by atoms with Crippen molar-refractivity contribution in [1.82, 2.24) is 0 Å². The van der Waals surface area contributed by atoms with Gasteiger partial charge in [-0.25, -0.2) is 0 Å². The molecule has 0 aliphatic heterocycles. The fourth-order valence-electron chi connectivity index (χ4n) is 0. The summed E-state index contributed by atoms with van der Waals surface area (Å²) in [5.41, 5.74) is 0. The van der Waals surface area contributed by atoms with Crippen molar-refractivity contribution >= 4 is 21.9 Å². The summed E-state index contributed by atoms with van der Waals surface area (Å²) in [4.78, 5) is 0. The Morgan fingerprint density at radius 1 is 2.00 bits per heavy atom. The minimum absolute atomic E-state index is 0.778. The smallest absolute Gasteiger partial charge is 0.00824 e. The molecule has 0 aromatic heterocycles. The van der Waals surface area contributed by atoms with Gasteiger partial charge in [0.2, 0.25) is 0 Å². The van der Waals surface area contributed by atoms with Gasteiger partial charge in [-0.05, 0) is 4.65 Å². The van der Waals surface area contributed by atoms with E-state index in [1.165, 1.54) is 0 Å². The summed E-state index contributed by atoms with van der Waals surface area (Å²) in [7, 11) is 2.33. The van der Waals surface area contributed by atoms with Gasteiger partial charge in [0.25, 0.3) is 0 Å². The molecule has 0 N–H and O–H groups in total. The lowest BCUT2D eigenvalue weighted by Crippen LogP contribution is -1.22. The van der Waals surface area contributed by atoms with E-state index in [9.17, 15) is 0 Å². The first-order valence-corrected chi connectivity index (χ1v) is 1.89. The molecule has 0 aromatic rings. The van der Waals surface area contributed by atoms with E-state index in [4.69, 9.17) is 0 Å². The number of hydrogen-bond acceptors (Lipinski definition) is 1. The molecule has 0 nitrogen and oxygen atoms in total. The molecule has 0 saturated heterocycles. The van der Waals surface area contributed by atoms with Crippen LogP contribution in [0.1, 0.15) is 0 Å². The summed E-state index contributed by atoms with van der Waals surface area (Å²) < 4.78 is 0.778. The molecule has 0 amide bonds. The van der Waals surface area contributed by atoms with Gasteiger partial charge in [-0.3, -0.25) is 0 Å². The molecule has 2 heteroatoms. The molecule has 0 rings (SSSR count). The van der Waals surface area contributed by atoms with E-state index in [0.717, 1.165) is 4.65 Å². The van der Waals surface area contributed by atoms with E-state index in [1.807, 2.05) is 0 Å². The lowest BCUT2D eigenvalue weighted by atomic mass is 11.3. The summed E-state index contributed by atoms with van der Waals surface area (Å²) in [6, 6.07) is 0. The highest BCUT2D eigenvalue weighted by atomic mass is 32.1. The molecule has 0 radical (unpaired) electrons. The maximum atomic E-state index is 3.73. The summed E-state index contributed by atoms with van der Waals surface area (Å²) in [5.74, 6) is 0. The van der Waals surface area contributed by atoms with Gasteiger partial charge in [0.15, 0.2) is 0 Å². The van der Waals surface area contributed by atoms with Crippen LogP contribution in [0, 0.1) is 0 Å². The van der Waals surface area contributed by atoms with Gasteiger partial charge >= 0.3 is 0 Å². The van der Waals surface area contributed by atoms with E-state index in [-0.39, 0.29) is 0 Å². The lowest BCUT2D eigenvalue weighted by Gasteiger charge is -1.64. The molecule has 4 heavy (non-hydrogen) atoms. The van der Waals surface area contributed by atoms with Crippen LogP contribution in [0.15, 0.2) is 11.2 Å². The summed E-state index contributed by atoms with van der Waals surface area (Å²) in [5, 5.41) is 0. The van der Waals surface area contributed by atoms with Crippen molar-refractivity contribution in [2.24, 2.45) is 0 Å². The first-order valence-electron chi connectivity index (χ1n) is 0.866. The van der Waals surface area contributed by atoms with E-state index in [0.29, 0.717) is 0 Å². The summed E-state index contributed by atoms with van der Waals surface area (Å²) in [6.07, 6.45) is 0. The van der Waals surface area contributed by atoms with E-state index < -0.39 is 0 Å². The van der Waals surface area contributed by atoms with Crippen molar-refractivity contribution < 1.29 is 0 Å². The van der Waals surface area contributed by atoms with Crippen LogP contribution >= 0.6 is 21.9 Å². The van der Waals surface area contributed by atoms with Crippen LogP contribution in [0.4, 0.5) is 0 Å². The van der Waals surface area contributed by atoms with Crippen LogP contribution in [0.25, 0.3) is 0 Å². The molecule has 0 spiro atoms. The number of hydrogen-bond donors (Lipinski definition) is 1. The summed E-state index contributed by atoms with van der Waals surface area (Å²) in [6.45, 7) is 3.38. The van der Waals surface area contributed by atoms with Gasteiger partial charge in [0.05, 0.1) is 0 Å². The maximum absolute atomic E-state index is 3.73. The van der Waals surface area contributed by atoms with Gasteiger partial charge in [-0.1, -0.05) is 15.8 Å². The Labute approximate surface area is 33.9 Å². The predicted molar refractivity (Wildman–Crippen MR) is 27.8 cm³/mol. The van der Waals surface area contributed by atoms with Crippen LogP contribution in [0.3, 0.4) is 0 Å². The fourth-order valence-corrected chi connectivity index (χ4v) is 0. The van der Waals surface area contributed by atoms with Gasteiger partial charge in [-0.2, -0.15) is 0 Å². The third-order valence-corrected chi connectivity index (χ3v) is 0. The van der Waals surface area contributed by atoms with Crippen molar-refractivity contribution in [2.45, 2.75) is 0 Å². The topological polar surface area (TPSA) is 0 Å². The first-order chi connectivity index (χ1) is 1.73. The normalized spacial score (nSPS) is 6.50. The highest BCUT2D eigenvalue weighted by Gasteiger charge is 1.52. The second-order valence-corrected chi connectivity index (χ2v) is 2.25. The SMILES string of the molecule is C=C(P)S. The van der Waals surface area contributed by atoms with Crippen LogP contribution in [-0.2, 0) is 0 Å². The monoisotopic (exact) mass is 92.0 g/mol. The van der Waals surface area contributed by atoms with E-state index >= 15 is 0 Å². The Morgan fingerprint density at radius 3 is 2.00 bits per heavy atom. The van der Waals surface area contributed by atoms with Gasteiger partial charge < -0.3 is 0 Å². The van der Waals surface area contributed by atoms with Crippen LogP contribution in [-0.4, -0.2) is 0 Å². The lowest BCUT2D eigenvalue weighted by molar-refractivity contribution is 2.56. The Morgan fingerprint density at radius 2 is 2.00 bits per heavy atom. The fraction of sp³-hybridized carbons (Fsp3) is 0. The third-order valence-electron chi connectivity index (χ3n) is 0. The van der Waals surface area contributed by atoms with Gasteiger partial charge in [-0.15, -0.1) is 12.6 Å². The van der Waals surface area contributed by atoms with E-state index in [1.54, 1.807) is 0 Å². The molecule has 0 bridgehead atoms. The van der Waals surface area contributed by atoms with Crippen molar-refractivity contribution in [1.29, 1.82) is 0 Å². The van der Waals surface area contributed by atoms with Gasteiger partial charge in [0.1, 0.15) is 0 Å². The standard InChI is InChI=1S/C2H5PS/c1-2(3)4/h4H,1,3H2. The second kappa shape index (κ2) is 1.80. The van der Waals surface area contributed by atoms with Crippen LogP contribution < -0.4 is 0 Å². The zero-order valence-electron chi connectivity index (χ0n) is 2.23. The largest absolute Gasteiger partial charge is 0.144 e.